The molecule has 0 fully saturated rings. The zero-order valence-electron chi connectivity index (χ0n) is 19.0. The van der Waals surface area contributed by atoms with Crippen molar-refractivity contribution in [3.63, 3.8) is 0 Å². The van der Waals surface area contributed by atoms with Crippen molar-refractivity contribution in [3.8, 4) is 0 Å². The minimum Gasteiger partial charge on any atom is -0.354 e. The van der Waals surface area contributed by atoms with E-state index in [2.05, 4.69) is 118 Å². The standard InChI is InChI=1S/C31H22N4/c1-4-10-25-21(7-1)24-17-27-28(18-26(24)32-25)34-31(33-27)19-13-15-20(16-14-19)35-29-11-5-2-8-22(29)23-9-3-6-12-30(23)35/h1-13,15-19,32H,14H2,(H,33,34). The summed E-state index contributed by atoms with van der Waals surface area (Å²) in [4.78, 5) is 12.1. The maximum atomic E-state index is 4.98. The molecule has 3 aromatic heterocycles. The largest absolute Gasteiger partial charge is 0.354 e. The maximum absolute atomic E-state index is 4.98. The quantitative estimate of drug-likeness (QED) is 0.276. The van der Waals surface area contributed by atoms with Gasteiger partial charge in [-0.2, -0.15) is 0 Å². The highest BCUT2D eigenvalue weighted by molar-refractivity contribution is 6.11. The predicted octanol–water partition coefficient (Wildman–Crippen LogP) is 7.89. The molecule has 0 amide bonds. The molecule has 0 saturated carbocycles. The number of rotatable bonds is 2. The van der Waals surface area contributed by atoms with Crippen LogP contribution in [0.4, 0.5) is 0 Å². The van der Waals surface area contributed by atoms with E-state index < -0.39 is 0 Å². The van der Waals surface area contributed by atoms with Crippen LogP contribution >= 0.6 is 0 Å². The Morgan fingerprint density at radius 1 is 0.686 bits per heavy atom. The van der Waals surface area contributed by atoms with Crippen LogP contribution in [0, 0.1) is 0 Å². The molecular formula is C31H22N4. The van der Waals surface area contributed by atoms with E-state index in [4.69, 9.17) is 4.98 Å². The number of nitrogens with one attached hydrogen (secondary N) is 2. The molecule has 0 bridgehead atoms. The average Bonchev–Trinajstić information content (AvgIpc) is 3.58. The summed E-state index contributed by atoms with van der Waals surface area (Å²) in [5.74, 6) is 1.25. The van der Waals surface area contributed by atoms with Crippen LogP contribution in [-0.4, -0.2) is 19.5 Å². The molecule has 1 aliphatic rings. The molecule has 166 valence electrons. The lowest BCUT2D eigenvalue weighted by Gasteiger charge is -2.16. The highest BCUT2D eigenvalue weighted by Gasteiger charge is 2.19. The normalized spacial score (nSPS) is 16.2. The molecule has 1 unspecified atom stereocenters. The van der Waals surface area contributed by atoms with Gasteiger partial charge in [0.1, 0.15) is 5.82 Å². The Labute approximate surface area is 201 Å². The average molecular weight is 451 g/mol. The molecule has 35 heavy (non-hydrogen) atoms. The molecule has 7 aromatic rings. The molecule has 0 spiro atoms. The Hall–Kier alpha value is -4.57. The molecule has 1 atom stereocenters. The van der Waals surface area contributed by atoms with E-state index in [0.717, 1.165) is 34.3 Å². The number of fused-ring (bicyclic) bond motifs is 7. The van der Waals surface area contributed by atoms with Gasteiger partial charge in [0, 0.05) is 44.2 Å². The number of aromatic nitrogens is 4. The van der Waals surface area contributed by atoms with Gasteiger partial charge in [0.2, 0.25) is 0 Å². The Bertz CT molecular complexity index is 1940. The molecular weight excluding hydrogens is 428 g/mol. The van der Waals surface area contributed by atoms with E-state index in [9.17, 15) is 0 Å². The highest BCUT2D eigenvalue weighted by atomic mass is 15.0. The lowest BCUT2D eigenvalue weighted by atomic mass is 9.98. The van der Waals surface area contributed by atoms with Crippen LogP contribution in [0.2, 0.25) is 0 Å². The van der Waals surface area contributed by atoms with Crippen LogP contribution < -0.4 is 0 Å². The smallest absolute Gasteiger partial charge is 0.114 e. The second-order valence-corrected chi connectivity index (χ2v) is 9.41. The number of hydrogen-bond acceptors (Lipinski definition) is 1. The van der Waals surface area contributed by atoms with E-state index in [0.29, 0.717) is 0 Å². The van der Waals surface area contributed by atoms with Gasteiger partial charge in [-0.1, -0.05) is 66.7 Å². The fraction of sp³-hybridized carbons (Fsp3) is 0.0645. The van der Waals surface area contributed by atoms with Crippen LogP contribution in [0.25, 0.3) is 60.3 Å². The summed E-state index contributed by atoms with van der Waals surface area (Å²) in [5, 5.41) is 5.06. The van der Waals surface area contributed by atoms with Crippen molar-refractivity contribution in [1.82, 2.24) is 19.5 Å². The van der Waals surface area contributed by atoms with Crippen molar-refractivity contribution in [2.75, 3.05) is 0 Å². The van der Waals surface area contributed by atoms with Crippen molar-refractivity contribution in [2.45, 2.75) is 12.3 Å². The van der Waals surface area contributed by atoms with E-state index in [-0.39, 0.29) is 5.92 Å². The molecule has 0 aliphatic heterocycles. The van der Waals surface area contributed by atoms with Gasteiger partial charge in [0.15, 0.2) is 0 Å². The van der Waals surface area contributed by atoms with E-state index >= 15 is 0 Å². The zero-order chi connectivity index (χ0) is 22.9. The van der Waals surface area contributed by atoms with Crippen molar-refractivity contribution in [1.29, 1.82) is 0 Å². The topological polar surface area (TPSA) is 49.4 Å². The third-order valence-electron chi connectivity index (χ3n) is 7.40. The number of allylic oxidation sites excluding steroid dienone is 4. The van der Waals surface area contributed by atoms with Gasteiger partial charge in [0.05, 0.1) is 22.1 Å². The fourth-order valence-electron chi connectivity index (χ4n) is 5.73. The maximum Gasteiger partial charge on any atom is 0.114 e. The summed E-state index contributed by atoms with van der Waals surface area (Å²) in [5.41, 5.74) is 8.09. The number of nitrogens with zero attached hydrogens (tertiary/aromatic N) is 2. The van der Waals surface area contributed by atoms with Crippen molar-refractivity contribution < 1.29 is 0 Å². The minimum atomic E-state index is 0.231. The SMILES string of the molecule is C1=CC(c2nc3cc4[nH]c5ccccc5c4cc3[nH]2)CC=C1n1c2ccccc2c2ccccc21. The number of benzene rings is 4. The summed E-state index contributed by atoms with van der Waals surface area (Å²) >= 11 is 0. The van der Waals surface area contributed by atoms with E-state index in [1.54, 1.807) is 0 Å². The van der Waals surface area contributed by atoms with Crippen molar-refractivity contribution >= 4 is 60.3 Å². The van der Waals surface area contributed by atoms with Gasteiger partial charge in [-0.25, -0.2) is 4.98 Å². The number of aromatic amines is 2. The summed E-state index contributed by atoms with van der Waals surface area (Å²) in [6, 6.07) is 30.1. The fourth-order valence-corrected chi connectivity index (χ4v) is 5.73. The molecule has 4 nitrogen and oxygen atoms in total. The Kier molecular flexibility index (Phi) is 3.74. The first-order valence-corrected chi connectivity index (χ1v) is 12.1. The Balaban J connectivity index is 1.18. The zero-order valence-corrected chi connectivity index (χ0v) is 19.0. The molecule has 2 N–H and O–H groups in total. The van der Waals surface area contributed by atoms with Gasteiger partial charge < -0.3 is 14.5 Å². The minimum absolute atomic E-state index is 0.231. The second kappa shape index (κ2) is 6.97. The van der Waals surface area contributed by atoms with Gasteiger partial charge in [-0.15, -0.1) is 0 Å². The molecule has 8 rings (SSSR count). The van der Waals surface area contributed by atoms with E-state index in [1.807, 2.05) is 0 Å². The summed E-state index contributed by atoms with van der Waals surface area (Å²) in [7, 11) is 0. The molecule has 4 aromatic carbocycles. The van der Waals surface area contributed by atoms with Crippen molar-refractivity contribution in [3.05, 3.63) is 109 Å². The van der Waals surface area contributed by atoms with Crippen molar-refractivity contribution in [2.24, 2.45) is 0 Å². The third kappa shape index (κ3) is 2.71. The van der Waals surface area contributed by atoms with Gasteiger partial charge in [-0.05, 0) is 42.8 Å². The predicted molar refractivity (Wildman–Crippen MR) is 146 cm³/mol. The second-order valence-electron chi connectivity index (χ2n) is 9.41. The van der Waals surface area contributed by atoms with Crippen LogP contribution in [-0.2, 0) is 0 Å². The van der Waals surface area contributed by atoms with Crippen LogP contribution in [0.1, 0.15) is 18.2 Å². The molecule has 4 heteroatoms. The van der Waals surface area contributed by atoms with Crippen LogP contribution in [0.5, 0.6) is 0 Å². The Morgan fingerprint density at radius 2 is 1.40 bits per heavy atom. The summed E-state index contributed by atoms with van der Waals surface area (Å²) in [6.45, 7) is 0. The number of imidazole rings is 1. The van der Waals surface area contributed by atoms with E-state index in [1.165, 1.54) is 38.3 Å². The Morgan fingerprint density at radius 3 is 2.14 bits per heavy atom. The van der Waals surface area contributed by atoms with Crippen LogP contribution in [0.3, 0.4) is 0 Å². The first kappa shape index (κ1) is 18.8. The van der Waals surface area contributed by atoms with Gasteiger partial charge in [0.25, 0.3) is 0 Å². The molecule has 0 radical (unpaired) electrons. The lowest BCUT2D eigenvalue weighted by Crippen LogP contribution is -2.04. The van der Waals surface area contributed by atoms with Crippen LogP contribution in [0.15, 0.2) is 103 Å². The molecule has 1 aliphatic carbocycles. The first-order chi connectivity index (χ1) is 17.3. The number of para-hydroxylation sites is 3. The lowest BCUT2D eigenvalue weighted by molar-refractivity contribution is 0.792. The number of H-pyrrole nitrogens is 2. The summed E-state index contributed by atoms with van der Waals surface area (Å²) in [6.07, 6.45) is 7.79. The molecule has 3 heterocycles. The molecule has 0 saturated heterocycles. The van der Waals surface area contributed by atoms with Gasteiger partial charge in [-0.3, -0.25) is 0 Å². The first-order valence-electron chi connectivity index (χ1n) is 12.1. The highest BCUT2D eigenvalue weighted by Crippen LogP contribution is 2.36. The summed E-state index contributed by atoms with van der Waals surface area (Å²) < 4.78 is 2.38. The third-order valence-corrected chi connectivity index (χ3v) is 7.40. The number of hydrogen-bond donors (Lipinski definition) is 2. The monoisotopic (exact) mass is 450 g/mol. The van der Waals surface area contributed by atoms with Gasteiger partial charge >= 0.3 is 0 Å².